The number of hydrogen-bond donors (Lipinski definition) is 3. The van der Waals surface area contributed by atoms with Crippen LogP contribution in [0.4, 0.5) is 34.6 Å². The number of carbonyl (C=O) groups excluding carboxylic acids is 1. The number of pyridine rings is 1. The van der Waals surface area contributed by atoms with Crippen LogP contribution < -0.4 is 25.6 Å². The number of nitrogens with zero attached hydrogens (tertiary/aromatic N) is 5. The summed E-state index contributed by atoms with van der Waals surface area (Å²) in [6, 6.07) is 7.64. The number of piperazine rings is 1. The van der Waals surface area contributed by atoms with E-state index in [2.05, 4.69) is 55.8 Å². The normalized spacial score (nSPS) is 17.1. The van der Waals surface area contributed by atoms with Crippen molar-refractivity contribution in [3.05, 3.63) is 47.8 Å². The third-order valence-corrected chi connectivity index (χ3v) is 6.48. The molecular formula is C26H32N8O2. The largest absolute Gasteiger partial charge is 0.476 e. The van der Waals surface area contributed by atoms with Crippen LogP contribution in [0.1, 0.15) is 25.0 Å². The molecule has 188 valence electrons. The van der Waals surface area contributed by atoms with Gasteiger partial charge in [0.25, 0.3) is 5.91 Å². The molecule has 2 aliphatic rings. The number of carbonyl (C=O) groups is 1. The van der Waals surface area contributed by atoms with Crippen molar-refractivity contribution < 1.29 is 9.53 Å². The third kappa shape index (κ3) is 4.90. The molecule has 1 fully saturated rings. The molecule has 3 N–H and O–H groups in total. The molecule has 0 unspecified atom stereocenters. The number of aromatic nitrogens is 3. The summed E-state index contributed by atoms with van der Waals surface area (Å²) in [6.07, 6.45) is 3.59. The van der Waals surface area contributed by atoms with Crippen molar-refractivity contribution in [3.8, 4) is 5.75 Å². The molecule has 0 radical (unpaired) electrons. The number of fused-ring (bicyclic) bond motifs is 1. The average molecular weight is 489 g/mol. The highest BCUT2D eigenvalue weighted by Gasteiger charge is 2.35. The maximum Gasteiger partial charge on any atom is 0.268 e. The molecular weight excluding hydrogens is 456 g/mol. The van der Waals surface area contributed by atoms with E-state index in [0.717, 1.165) is 54.5 Å². The zero-order valence-electron chi connectivity index (χ0n) is 21.3. The molecule has 1 amide bonds. The van der Waals surface area contributed by atoms with Crippen molar-refractivity contribution in [2.75, 3.05) is 54.1 Å². The van der Waals surface area contributed by atoms with Crippen molar-refractivity contribution in [1.82, 2.24) is 19.9 Å². The van der Waals surface area contributed by atoms with Gasteiger partial charge in [0.05, 0.1) is 17.6 Å². The average Bonchev–Trinajstić information content (AvgIpc) is 2.83. The minimum atomic E-state index is -0.901. The number of aryl methyl sites for hydroxylation is 2. The van der Waals surface area contributed by atoms with E-state index in [4.69, 9.17) is 9.72 Å². The Bertz CT molecular complexity index is 1300. The lowest BCUT2D eigenvalue weighted by atomic mass is 10.1. The lowest BCUT2D eigenvalue weighted by Gasteiger charge is -2.34. The van der Waals surface area contributed by atoms with Gasteiger partial charge < -0.3 is 30.5 Å². The number of nitrogens with one attached hydrogen (secondary N) is 3. The van der Waals surface area contributed by atoms with Crippen LogP contribution in [0.2, 0.25) is 0 Å². The van der Waals surface area contributed by atoms with E-state index in [0.29, 0.717) is 23.2 Å². The first-order valence-electron chi connectivity index (χ1n) is 12.1. The third-order valence-electron chi connectivity index (χ3n) is 6.48. The molecule has 2 aromatic heterocycles. The summed E-state index contributed by atoms with van der Waals surface area (Å²) < 4.78 is 5.82. The van der Waals surface area contributed by atoms with Gasteiger partial charge >= 0.3 is 0 Å². The minimum Gasteiger partial charge on any atom is -0.476 e. The smallest absolute Gasteiger partial charge is 0.268 e. The Kier molecular flexibility index (Phi) is 6.13. The molecule has 1 aromatic carbocycles. The molecule has 10 nitrogen and oxygen atoms in total. The highest BCUT2D eigenvalue weighted by molar-refractivity contribution is 6.00. The van der Waals surface area contributed by atoms with Crippen molar-refractivity contribution in [2.24, 2.45) is 0 Å². The van der Waals surface area contributed by atoms with Gasteiger partial charge in [0.2, 0.25) is 5.95 Å². The molecule has 1 saturated heterocycles. The second-order valence-corrected chi connectivity index (χ2v) is 9.91. The highest BCUT2D eigenvalue weighted by atomic mass is 16.5. The number of ether oxygens (including phenoxy) is 1. The fourth-order valence-electron chi connectivity index (χ4n) is 4.27. The summed E-state index contributed by atoms with van der Waals surface area (Å²) in [6.45, 7) is 11.5. The minimum absolute atomic E-state index is 0.181. The maximum atomic E-state index is 12.3. The molecule has 2 aliphatic heterocycles. The number of amides is 1. The van der Waals surface area contributed by atoms with E-state index >= 15 is 0 Å². The topological polar surface area (TPSA) is 108 Å². The van der Waals surface area contributed by atoms with Gasteiger partial charge in [-0.2, -0.15) is 4.98 Å². The van der Waals surface area contributed by atoms with Gasteiger partial charge in [-0.15, -0.1) is 0 Å². The van der Waals surface area contributed by atoms with Gasteiger partial charge in [-0.1, -0.05) is 0 Å². The molecule has 0 bridgehead atoms. The van der Waals surface area contributed by atoms with Gasteiger partial charge in [0.1, 0.15) is 17.4 Å². The predicted molar refractivity (Wildman–Crippen MR) is 142 cm³/mol. The predicted octanol–water partition coefficient (Wildman–Crippen LogP) is 3.84. The number of likely N-dealkylation sites (N-methyl/N-ethyl adjacent to an activating group) is 1. The van der Waals surface area contributed by atoms with Gasteiger partial charge in [0, 0.05) is 43.6 Å². The molecule has 3 aromatic rings. The zero-order chi connectivity index (χ0) is 25.4. The Labute approximate surface area is 211 Å². The zero-order valence-corrected chi connectivity index (χ0v) is 21.3. The van der Waals surface area contributed by atoms with Crippen molar-refractivity contribution in [2.45, 2.75) is 33.3 Å². The molecule has 0 saturated carbocycles. The first-order chi connectivity index (χ1) is 17.2. The number of hydrogen-bond acceptors (Lipinski definition) is 9. The SMILES string of the molecule is Cc1cnc(Nc2cnc(N3CCN(C)CC3)c(C)c2)nc1Nc1ccc2c(c1)NC(=O)C(C)(C)O2. The van der Waals surface area contributed by atoms with Crippen molar-refractivity contribution in [3.63, 3.8) is 0 Å². The monoisotopic (exact) mass is 488 g/mol. The van der Waals surface area contributed by atoms with Crippen molar-refractivity contribution >= 4 is 40.6 Å². The van der Waals surface area contributed by atoms with Crippen LogP contribution >= 0.6 is 0 Å². The summed E-state index contributed by atoms with van der Waals surface area (Å²) in [5.74, 6) is 2.60. The molecule has 0 aliphatic carbocycles. The lowest BCUT2D eigenvalue weighted by Crippen LogP contribution is -2.45. The summed E-state index contributed by atoms with van der Waals surface area (Å²) in [7, 11) is 2.15. The maximum absolute atomic E-state index is 12.3. The first kappa shape index (κ1) is 23.8. The van der Waals surface area contributed by atoms with E-state index in [9.17, 15) is 4.79 Å². The molecule has 5 rings (SSSR count). The molecule has 36 heavy (non-hydrogen) atoms. The van der Waals surface area contributed by atoms with E-state index in [1.807, 2.05) is 31.3 Å². The van der Waals surface area contributed by atoms with E-state index in [-0.39, 0.29) is 5.91 Å². The fourth-order valence-corrected chi connectivity index (χ4v) is 4.27. The Hall–Kier alpha value is -3.92. The summed E-state index contributed by atoms with van der Waals surface area (Å²) in [4.78, 5) is 30.8. The van der Waals surface area contributed by atoms with Crippen LogP contribution in [0.25, 0.3) is 0 Å². The van der Waals surface area contributed by atoms with E-state index in [1.165, 1.54) is 0 Å². The number of anilines is 6. The second-order valence-electron chi connectivity index (χ2n) is 9.91. The molecule has 10 heteroatoms. The lowest BCUT2D eigenvalue weighted by molar-refractivity contribution is -0.129. The second kappa shape index (κ2) is 9.27. The summed E-state index contributed by atoms with van der Waals surface area (Å²) >= 11 is 0. The Morgan fingerprint density at radius 2 is 1.75 bits per heavy atom. The summed E-state index contributed by atoms with van der Waals surface area (Å²) in [5, 5.41) is 9.51. The van der Waals surface area contributed by atoms with Gasteiger partial charge in [-0.05, 0) is 64.6 Å². The van der Waals surface area contributed by atoms with Crippen LogP contribution in [0.15, 0.2) is 36.7 Å². The van der Waals surface area contributed by atoms with E-state index < -0.39 is 5.60 Å². The van der Waals surface area contributed by atoms with Gasteiger partial charge in [-0.3, -0.25) is 4.79 Å². The fraction of sp³-hybridized carbons (Fsp3) is 0.385. The number of rotatable bonds is 5. The van der Waals surface area contributed by atoms with Crippen LogP contribution in [0.5, 0.6) is 5.75 Å². The van der Waals surface area contributed by atoms with Crippen molar-refractivity contribution in [1.29, 1.82) is 0 Å². The number of benzene rings is 1. The van der Waals surface area contributed by atoms with Gasteiger partial charge in [0.15, 0.2) is 5.60 Å². The molecule has 4 heterocycles. The summed E-state index contributed by atoms with van der Waals surface area (Å²) in [5.41, 5.74) is 3.32. The van der Waals surface area contributed by atoms with Crippen LogP contribution in [-0.4, -0.2) is 64.6 Å². The Morgan fingerprint density at radius 3 is 2.50 bits per heavy atom. The van der Waals surface area contributed by atoms with Crippen LogP contribution in [0, 0.1) is 13.8 Å². The first-order valence-corrected chi connectivity index (χ1v) is 12.1. The Balaban J connectivity index is 1.31. The van der Waals surface area contributed by atoms with Crippen LogP contribution in [-0.2, 0) is 4.79 Å². The Morgan fingerprint density at radius 1 is 0.972 bits per heavy atom. The van der Waals surface area contributed by atoms with Crippen LogP contribution in [0.3, 0.4) is 0 Å². The highest BCUT2D eigenvalue weighted by Crippen LogP contribution is 2.36. The van der Waals surface area contributed by atoms with E-state index in [1.54, 1.807) is 20.0 Å². The quantitative estimate of drug-likeness (QED) is 0.494. The molecule has 0 spiro atoms. The van der Waals surface area contributed by atoms with Gasteiger partial charge in [-0.25, -0.2) is 9.97 Å². The standard InChI is InChI=1S/C26H32N8O2/c1-16-12-19(15-27-23(16)34-10-8-33(5)9-11-34)30-25-28-14-17(2)22(32-25)29-18-6-7-21-20(13-18)31-24(35)26(3,4)36-21/h6-7,12-15H,8-11H2,1-5H3,(H,31,35)(H2,28,29,30,32). The molecule has 0 atom stereocenters.